The lowest BCUT2D eigenvalue weighted by atomic mass is 9.89. The van der Waals surface area contributed by atoms with E-state index >= 15 is 0 Å². The maximum Gasteiger partial charge on any atom is 0.223 e. The van der Waals surface area contributed by atoms with Crippen molar-refractivity contribution >= 4 is 5.91 Å². The summed E-state index contributed by atoms with van der Waals surface area (Å²) in [4.78, 5) is 12.2. The van der Waals surface area contributed by atoms with E-state index in [-0.39, 0.29) is 17.2 Å². The lowest BCUT2D eigenvalue weighted by Gasteiger charge is -2.22. The molecule has 0 aromatic heterocycles. The molecule has 0 aliphatic heterocycles. The van der Waals surface area contributed by atoms with Gasteiger partial charge in [0.1, 0.15) is 0 Å². The molecular formula is C16H27NO2. The van der Waals surface area contributed by atoms with Crippen molar-refractivity contribution in [3.05, 3.63) is 0 Å². The van der Waals surface area contributed by atoms with E-state index in [2.05, 4.69) is 26.1 Å². The quantitative estimate of drug-likeness (QED) is 0.818. The summed E-state index contributed by atoms with van der Waals surface area (Å²) >= 11 is 0. The minimum atomic E-state index is -0.417. The normalized spacial score (nSPS) is 40.9. The van der Waals surface area contributed by atoms with E-state index in [1.807, 2.05) is 0 Å². The van der Waals surface area contributed by atoms with Crippen molar-refractivity contribution in [3.8, 4) is 0 Å². The van der Waals surface area contributed by atoms with Gasteiger partial charge in [0.15, 0.2) is 0 Å². The Morgan fingerprint density at radius 1 is 1.26 bits per heavy atom. The molecule has 3 rings (SSSR count). The summed E-state index contributed by atoms with van der Waals surface area (Å²) in [7, 11) is 0. The molecule has 3 saturated carbocycles. The molecule has 3 aliphatic carbocycles. The minimum Gasteiger partial charge on any atom is -0.391 e. The Kier molecular flexibility index (Phi) is 3.16. The zero-order chi connectivity index (χ0) is 13.8. The van der Waals surface area contributed by atoms with Gasteiger partial charge in [-0.05, 0) is 54.8 Å². The Hall–Kier alpha value is -0.570. The molecular weight excluding hydrogens is 238 g/mol. The minimum absolute atomic E-state index is 0.110. The Balaban J connectivity index is 1.44. The van der Waals surface area contributed by atoms with E-state index < -0.39 is 6.10 Å². The van der Waals surface area contributed by atoms with Gasteiger partial charge in [0.2, 0.25) is 5.91 Å². The van der Waals surface area contributed by atoms with Gasteiger partial charge < -0.3 is 10.4 Å². The highest BCUT2D eigenvalue weighted by Gasteiger charge is 2.67. The maximum absolute atomic E-state index is 12.2. The molecule has 2 N–H and O–H groups in total. The first-order valence-electron chi connectivity index (χ1n) is 7.82. The SMILES string of the molecule is CC(C)(C)CC(O)CNC(=O)C1C2C3CCC(C3)C12. The van der Waals surface area contributed by atoms with Gasteiger partial charge in [-0.15, -0.1) is 0 Å². The second-order valence-corrected chi connectivity index (χ2v) is 8.18. The maximum atomic E-state index is 12.2. The van der Waals surface area contributed by atoms with Crippen molar-refractivity contribution in [2.45, 2.75) is 52.6 Å². The van der Waals surface area contributed by atoms with E-state index in [9.17, 15) is 9.90 Å². The molecule has 0 spiro atoms. The molecule has 2 bridgehead atoms. The van der Waals surface area contributed by atoms with Crippen LogP contribution >= 0.6 is 0 Å². The molecule has 5 atom stereocenters. The van der Waals surface area contributed by atoms with Crippen molar-refractivity contribution in [2.24, 2.45) is 35.0 Å². The number of hydrogen-bond donors (Lipinski definition) is 2. The Bertz CT molecular complexity index is 357. The molecule has 0 aromatic carbocycles. The van der Waals surface area contributed by atoms with Crippen LogP contribution in [0.3, 0.4) is 0 Å². The van der Waals surface area contributed by atoms with Crippen LogP contribution in [0, 0.1) is 35.0 Å². The van der Waals surface area contributed by atoms with Crippen LogP contribution in [0.15, 0.2) is 0 Å². The second kappa shape index (κ2) is 4.47. The molecule has 5 unspecified atom stereocenters. The van der Waals surface area contributed by atoms with Crippen LogP contribution in [-0.4, -0.2) is 23.7 Å². The van der Waals surface area contributed by atoms with Gasteiger partial charge in [0, 0.05) is 12.5 Å². The van der Waals surface area contributed by atoms with Crippen LogP contribution in [0.25, 0.3) is 0 Å². The van der Waals surface area contributed by atoms with Gasteiger partial charge in [-0.3, -0.25) is 4.79 Å². The molecule has 0 radical (unpaired) electrons. The van der Waals surface area contributed by atoms with Gasteiger partial charge in [0.25, 0.3) is 0 Å². The third-order valence-corrected chi connectivity index (χ3v) is 5.40. The van der Waals surface area contributed by atoms with Gasteiger partial charge in [-0.2, -0.15) is 0 Å². The molecule has 0 saturated heterocycles. The summed E-state index contributed by atoms with van der Waals surface area (Å²) in [6.07, 6.45) is 4.39. The number of hydrogen-bond acceptors (Lipinski definition) is 2. The highest BCUT2D eigenvalue weighted by Crippen LogP contribution is 2.69. The summed E-state index contributed by atoms with van der Waals surface area (Å²) in [6, 6.07) is 0. The molecule has 3 nitrogen and oxygen atoms in total. The van der Waals surface area contributed by atoms with Crippen LogP contribution in [0.4, 0.5) is 0 Å². The van der Waals surface area contributed by atoms with Crippen molar-refractivity contribution < 1.29 is 9.90 Å². The molecule has 0 aromatic rings. The monoisotopic (exact) mass is 265 g/mol. The average Bonchev–Trinajstić information content (AvgIpc) is 2.73. The van der Waals surface area contributed by atoms with Crippen molar-refractivity contribution in [1.82, 2.24) is 5.32 Å². The van der Waals surface area contributed by atoms with Gasteiger partial charge in [0.05, 0.1) is 6.10 Å². The number of nitrogens with one attached hydrogen (secondary N) is 1. The molecule has 108 valence electrons. The summed E-state index contributed by atoms with van der Waals surface area (Å²) in [5, 5.41) is 12.9. The first-order chi connectivity index (χ1) is 8.87. The number of carbonyl (C=O) groups is 1. The smallest absolute Gasteiger partial charge is 0.223 e. The van der Waals surface area contributed by atoms with Crippen molar-refractivity contribution in [2.75, 3.05) is 6.54 Å². The van der Waals surface area contributed by atoms with Crippen LogP contribution < -0.4 is 5.32 Å². The van der Waals surface area contributed by atoms with E-state index in [0.717, 1.165) is 18.3 Å². The summed E-state index contributed by atoms with van der Waals surface area (Å²) in [5.74, 6) is 3.56. The number of rotatable bonds is 4. The molecule has 1 amide bonds. The van der Waals surface area contributed by atoms with E-state index in [4.69, 9.17) is 0 Å². The third kappa shape index (κ3) is 2.54. The highest BCUT2D eigenvalue weighted by molar-refractivity contribution is 5.82. The van der Waals surface area contributed by atoms with E-state index in [1.54, 1.807) is 0 Å². The number of amides is 1. The third-order valence-electron chi connectivity index (χ3n) is 5.40. The average molecular weight is 265 g/mol. The van der Waals surface area contributed by atoms with Crippen molar-refractivity contribution in [3.63, 3.8) is 0 Å². The Morgan fingerprint density at radius 2 is 1.84 bits per heavy atom. The lowest BCUT2D eigenvalue weighted by molar-refractivity contribution is -0.123. The summed E-state index contributed by atoms with van der Waals surface area (Å²) in [6.45, 7) is 6.75. The molecule has 3 fully saturated rings. The predicted octanol–water partition coefficient (Wildman–Crippen LogP) is 2.19. The first kappa shape index (κ1) is 13.4. The van der Waals surface area contributed by atoms with Gasteiger partial charge in [-0.1, -0.05) is 20.8 Å². The largest absolute Gasteiger partial charge is 0.391 e. The molecule has 3 heteroatoms. The fourth-order valence-electron chi connectivity index (χ4n) is 4.79. The number of aliphatic hydroxyl groups is 1. The lowest BCUT2D eigenvalue weighted by Crippen LogP contribution is -2.36. The predicted molar refractivity (Wildman–Crippen MR) is 74.4 cm³/mol. The van der Waals surface area contributed by atoms with Crippen molar-refractivity contribution in [1.29, 1.82) is 0 Å². The Morgan fingerprint density at radius 3 is 2.37 bits per heavy atom. The van der Waals surface area contributed by atoms with E-state index in [1.165, 1.54) is 19.3 Å². The zero-order valence-electron chi connectivity index (χ0n) is 12.4. The van der Waals surface area contributed by atoms with Crippen LogP contribution in [0.1, 0.15) is 46.5 Å². The Labute approximate surface area is 116 Å². The summed E-state index contributed by atoms with van der Waals surface area (Å²) in [5.41, 5.74) is 0.110. The second-order valence-electron chi connectivity index (χ2n) is 8.18. The van der Waals surface area contributed by atoms with Crippen LogP contribution in [0.5, 0.6) is 0 Å². The highest BCUT2D eigenvalue weighted by atomic mass is 16.3. The fraction of sp³-hybridized carbons (Fsp3) is 0.938. The molecule has 3 aliphatic rings. The van der Waals surface area contributed by atoms with Gasteiger partial charge >= 0.3 is 0 Å². The van der Waals surface area contributed by atoms with Gasteiger partial charge in [-0.25, -0.2) is 0 Å². The van der Waals surface area contributed by atoms with Crippen LogP contribution in [-0.2, 0) is 4.79 Å². The fourth-order valence-corrected chi connectivity index (χ4v) is 4.79. The first-order valence-corrected chi connectivity index (χ1v) is 7.82. The number of carbonyl (C=O) groups excluding carboxylic acids is 1. The molecule has 0 heterocycles. The van der Waals surface area contributed by atoms with E-state index in [0.29, 0.717) is 18.4 Å². The zero-order valence-corrected chi connectivity index (χ0v) is 12.4. The summed E-state index contributed by atoms with van der Waals surface area (Å²) < 4.78 is 0. The van der Waals surface area contributed by atoms with Crippen LogP contribution in [0.2, 0.25) is 0 Å². The topological polar surface area (TPSA) is 49.3 Å². The standard InChI is InChI=1S/C16H27NO2/c1-16(2,3)7-11(18)8-17-15(19)14-12-9-4-5-10(6-9)13(12)14/h9-14,18H,4-8H2,1-3H3,(H,17,19). The number of aliphatic hydroxyl groups excluding tert-OH is 1. The molecule has 19 heavy (non-hydrogen) atoms. The number of fused-ring (bicyclic) bond motifs is 5.